The van der Waals surface area contributed by atoms with Crippen molar-refractivity contribution in [1.29, 1.82) is 0 Å². The largest absolute Gasteiger partial charge is 0.196 e. The van der Waals surface area contributed by atoms with Crippen LogP contribution in [0.15, 0.2) is 192 Å². The molecule has 65 heavy (non-hydrogen) atoms. The van der Waals surface area contributed by atoms with Gasteiger partial charge in [0.25, 0.3) is 0 Å². The molecule has 0 fully saturated rings. The van der Waals surface area contributed by atoms with Crippen LogP contribution in [0.4, 0.5) is 0 Å². The van der Waals surface area contributed by atoms with E-state index in [1.165, 1.54) is 127 Å². The Morgan fingerprint density at radius 1 is 0.385 bits per heavy atom. The molecular weight excluding hydrogens is 801 g/mol. The summed E-state index contributed by atoms with van der Waals surface area (Å²) in [5, 5.41) is 5.28. The second kappa shape index (κ2) is 13.7. The van der Waals surface area contributed by atoms with Crippen LogP contribution in [-0.2, 0) is 10.8 Å². The zero-order valence-electron chi connectivity index (χ0n) is 38.1. The number of hydrogen-bond donors (Lipinski definition) is 0. The maximum absolute atomic E-state index is 2.66. The van der Waals surface area contributed by atoms with Gasteiger partial charge in [0.05, 0.1) is 0 Å². The van der Waals surface area contributed by atoms with E-state index in [0.717, 1.165) is 12.8 Å². The number of fused-ring (bicyclic) bond motifs is 10. The van der Waals surface area contributed by atoms with Gasteiger partial charge in [-0.25, -0.2) is 0 Å². The zero-order chi connectivity index (χ0) is 44.0. The van der Waals surface area contributed by atoms with Gasteiger partial charge in [0.1, 0.15) is 0 Å². The van der Waals surface area contributed by atoms with Gasteiger partial charge in [-0.15, -0.1) is 0 Å². The van der Waals surface area contributed by atoms with Crippen molar-refractivity contribution in [2.24, 2.45) is 0 Å². The molecule has 314 valence electrons. The summed E-state index contributed by atoms with van der Waals surface area (Å²) in [5.74, 6) is 0. The third-order valence-corrected chi connectivity index (χ3v) is 19.0. The van der Waals surface area contributed by atoms with Crippen LogP contribution in [-0.4, -0.2) is 12.5 Å². The maximum atomic E-state index is 2.66. The van der Waals surface area contributed by atoms with Crippen LogP contribution >= 0.6 is 10.0 Å². The fourth-order valence-electron chi connectivity index (χ4n) is 12.5. The molecule has 1 heteroatoms. The van der Waals surface area contributed by atoms with Crippen LogP contribution in [0.1, 0.15) is 68.4 Å². The van der Waals surface area contributed by atoms with Crippen LogP contribution in [0.25, 0.3) is 93.9 Å². The van der Waals surface area contributed by atoms with Crippen molar-refractivity contribution in [3.8, 4) is 66.8 Å². The lowest BCUT2D eigenvalue weighted by atomic mass is 9.79. The smallest absolute Gasteiger partial charge is 0.0159 e. The number of allylic oxidation sites excluding steroid dienone is 4. The van der Waals surface area contributed by atoms with Crippen molar-refractivity contribution in [3.63, 3.8) is 0 Å². The molecule has 3 aliphatic carbocycles. The molecule has 0 spiro atoms. The van der Waals surface area contributed by atoms with Crippen LogP contribution in [0.5, 0.6) is 0 Å². The van der Waals surface area contributed by atoms with Gasteiger partial charge in [-0.3, -0.25) is 0 Å². The first-order valence-corrected chi connectivity index (χ1v) is 25.8. The summed E-state index contributed by atoms with van der Waals surface area (Å²) in [6, 6.07) is 65.4. The van der Waals surface area contributed by atoms with Gasteiger partial charge in [0.2, 0.25) is 0 Å². The lowest BCUT2D eigenvalue weighted by Gasteiger charge is -2.32. The average molecular weight is 853 g/mol. The van der Waals surface area contributed by atoms with E-state index >= 15 is 0 Å². The summed E-state index contributed by atoms with van der Waals surface area (Å²) in [6.07, 6.45) is 12.2. The monoisotopic (exact) mass is 852 g/mol. The molecule has 13 rings (SSSR count). The fraction of sp³-hybridized carbons (Fsp3) is 0.156. The van der Waals surface area contributed by atoms with Gasteiger partial charge in [0, 0.05) is 15.7 Å². The molecule has 0 radical (unpaired) electrons. The fourth-order valence-corrected chi connectivity index (χ4v) is 15.3. The SMILES string of the molecule is CC1(C)c2ccccc2-c2ccc(-c3c4ccc(-c5ccccc5-c5ccccc5)cc4c(-c4ccc5c(c4)C(C)(C)c4ccccc4-5)c4cc5c(cc34)C3=C(CCC=C3)S5(C)C)cc21. The molecule has 0 nitrogen and oxygen atoms in total. The maximum Gasteiger partial charge on any atom is 0.0159 e. The second-order valence-corrected chi connectivity index (χ2v) is 23.9. The van der Waals surface area contributed by atoms with Gasteiger partial charge < -0.3 is 0 Å². The molecule has 0 amide bonds. The molecule has 1 heterocycles. The van der Waals surface area contributed by atoms with Crippen molar-refractivity contribution in [1.82, 2.24) is 0 Å². The molecule has 0 aromatic heterocycles. The summed E-state index contributed by atoms with van der Waals surface area (Å²) in [5.41, 5.74) is 23.9. The van der Waals surface area contributed by atoms with E-state index in [2.05, 4.69) is 222 Å². The van der Waals surface area contributed by atoms with Crippen LogP contribution < -0.4 is 0 Å². The van der Waals surface area contributed by atoms with Gasteiger partial charge >= 0.3 is 0 Å². The Morgan fingerprint density at radius 2 is 0.877 bits per heavy atom. The molecule has 4 aliphatic rings. The summed E-state index contributed by atoms with van der Waals surface area (Å²) < 4.78 is 0. The third-order valence-electron chi connectivity index (χ3n) is 15.9. The van der Waals surface area contributed by atoms with E-state index in [-0.39, 0.29) is 10.8 Å². The van der Waals surface area contributed by atoms with E-state index in [9.17, 15) is 0 Å². The summed E-state index contributed by atoms with van der Waals surface area (Å²) in [6.45, 7) is 9.64. The third kappa shape index (κ3) is 5.40. The lowest BCUT2D eigenvalue weighted by Crippen LogP contribution is -2.15. The van der Waals surface area contributed by atoms with Gasteiger partial charge in [-0.1, -0.05) is 179 Å². The first-order valence-electron chi connectivity index (χ1n) is 23.4. The molecule has 0 bridgehead atoms. The van der Waals surface area contributed by atoms with E-state index in [0.29, 0.717) is 0 Å². The van der Waals surface area contributed by atoms with Crippen LogP contribution in [0.2, 0.25) is 0 Å². The van der Waals surface area contributed by atoms with E-state index in [1.54, 1.807) is 4.91 Å². The molecule has 9 aromatic rings. The number of benzene rings is 9. The summed E-state index contributed by atoms with van der Waals surface area (Å²) in [7, 11) is -1.21. The van der Waals surface area contributed by atoms with E-state index in [1.807, 2.05) is 0 Å². The summed E-state index contributed by atoms with van der Waals surface area (Å²) in [4.78, 5) is 3.19. The summed E-state index contributed by atoms with van der Waals surface area (Å²) >= 11 is 0. The first-order chi connectivity index (χ1) is 31.5. The minimum atomic E-state index is -1.21. The topological polar surface area (TPSA) is 0 Å². The van der Waals surface area contributed by atoms with Gasteiger partial charge in [-0.05, 0) is 182 Å². The van der Waals surface area contributed by atoms with Crippen molar-refractivity contribution < 1.29 is 0 Å². The Hall–Kier alpha value is -6.67. The minimum absolute atomic E-state index is 0.113. The predicted octanol–water partition coefficient (Wildman–Crippen LogP) is 17.8. The molecule has 0 N–H and O–H groups in total. The first kappa shape index (κ1) is 38.8. The average Bonchev–Trinajstić information content (AvgIpc) is 3.81. The highest BCUT2D eigenvalue weighted by atomic mass is 32.3. The molecule has 0 saturated heterocycles. The quantitative estimate of drug-likeness (QED) is 0.155. The number of rotatable bonds is 4. The van der Waals surface area contributed by atoms with E-state index < -0.39 is 10.0 Å². The van der Waals surface area contributed by atoms with Gasteiger partial charge in [-0.2, -0.15) is 10.0 Å². The molecule has 9 aromatic carbocycles. The highest BCUT2D eigenvalue weighted by Crippen LogP contribution is 2.68. The highest BCUT2D eigenvalue weighted by molar-refractivity contribution is 8.36. The highest BCUT2D eigenvalue weighted by Gasteiger charge is 2.39. The normalized spacial score (nSPS) is 17.1. The van der Waals surface area contributed by atoms with Crippen LogP contribution in [0, 0.1) is 0 Å². The number of hydrogen-bond acceptors (Lipinski definition) is 0. The van der Waals surface area contributed by atoms with Gasteiger partial charge in [0.15, 0.2) is 0 Å². The standard InChI is InChI=1S/C64H52S/c1-63(2)55-25-15-12-22-45(55)47-31-29-41(35-57(47)63)61-50-33-28-40(44-21-11-10-20-43(44)39-18-8-7-9-19-39)34-52(50)62(42-30-32-48-46-23-13-16-26-56(46)64(3,4)58(48)36-42)54-38-60-51(37-53(54)61)49-24-14-17-27-59(49)65(60,5)6/h7-16,18-26,28-38H,17,27H2,1-6H3. The van der Waals surface area contributed by atoms with Crippen molar-refractivity contribution in [3.05, 3.63) is 215 Å². The molecular formula is C64H52S. The molecule has 1 aliphatic heterocycles. The predicted molar refractivity (Wildman–Crippen MR) is 281 cm³/mol. The Balaban J connectivity index is 1.16. The van der Waals surface area contributed by atoms with Crippen molar-refractivity contribution in [2.45, 2.75) is 56.3 Å². The molecule has 0 atom stereocenters. The Morgan fingerprint density at radius 3 is 1.51 bits per heavy atom. The Kier molecular flexibility index (Phi) is 8.16. The molecule has 0 saturated carbocycles. The minimum Gasteiger partial charge on any atom is -0.196 e. The Labute approximate surface area is 385 Å². The Bertz CT molecular complexity index is 3610. The van der Waals surface area contributed by atoms with E-state index in [4.69, 9.17) is 0 Å². The van der Waals surface area contributed by atoms with Crippen LogP contribution in [0.3, 0.4) is 0 Å². The zero-order valence-corrected chi connectivity index (χ0v) is 39.0. The lowest BCUT2D eigenvalue weighted by molar-refractivity contribution is 0.660. The second-order valence-electron chi connectivity index (χ2n) is 20.3. The van der Waals surface area contributed by atoms with Crippen molar-refractivity contribution in [2.75, 3.05) is 12.5 Å². The van der Waals surface area contributed by atoms with Crippen molar-refractivity contribution >= 4 is 37.1 Å². The molecule has 0 unspecified atom stereocenters.